The van der Waals surface area contributed by atoms with E-state index in [0.717, 1.165) is 34.4 Å². The third kappa shape index (κ3) is 3.77. The number of piperidine rings is 1. The molecule has 9 heteroatoms. The van der Waals surface area contributed by atoms with E-state index in [-0.39, 0.29) is 4.91 Å². The van der Waals surface area contributed by atoms with E-state index < -0.39 is 35.6 Å². The zero-order chi connectivity index (χ0) is 18.0. The second-order valence-electron chi connectivity index (χ2n) is 5.72. The van der Waals surface area contributed by atoms with Crippen LogP contribution in [0, 0.1) is 0 Å². The summed E-state index contributed by atoms with van der Waals surface area (Å²) in [5, 5.41) is 10.6. The Morgan fingerprint density at radius 3 is 2.80 bits per heavy atom. The maximum Gasteiger partial charge on any atom is 0.326 e. The number of hydrogen-bond donors (Lipinski definition) is 1. The highest BCUT2D eigenvalue weighted by Gasteiger charge is 2.39. The number of rotatable bonds is 4. The number of thiophene rings is 1. The van der Waals surface area contributed by atoms with Gasteiger partial charge in [-0.3, -0.25) is 19.3 Å². The highest BCUT2D eigenvalue weighted by atomic mass is 32.2. The van der Waals surface area contributed by atoms with Crippen LogP contribution in [0.2, 0.25) is 0 Å². The molecule has 1 aromatic rings. The number of nitrogens with zero attached hydrogens (tertiary/aromatic N) is 2. The predicted octanol–water partition coefficient (Wildman–Crippen LogP) is 2.25. The Balaban J connectivity index is 1.71. The summed E-state index contributed by atoms with van der Waals surface area (Å²) in [5.74, 6) is -2.08. The van der Waals surface area contributed by atoms with Gasteiger partial charge in [-0.1, -0.05) is 6.07 Å². The molecule has 3 rings (SSSR count). The molecule has 3 amide bonds. The molecule has 3 heterocycles. The van der Waals surface area contributed by atoms with Crippen LogP contribution in [0.25, 0.3) is 6.08 Å². The van der Waals surface area contributed by atoms with Crippen LogP contribution in [0.4, 0.5) is 4.79 Å². The largest absolute Gasteiger partial charge is 0.480 e. The highest BCUT2D eigenvalue weighted by Crippen LogP contribution is 2.33. The summed E-state index contributed by atoms with van der Waals surface area (Å²) in [6.07, 6.45) is 3.48. The van der Waals surface area contributed by atoms with Crippen LogP contribution in [0.3, 0.4) is 0 Å². The fourth-order valence-electron chi connectivity index (χ4n) is 2.85. The molecule has 7 nitrogen and oxygen atoms in total. The van der Waals surface area contributed by atoms with Gasteiger partial charge in [-0.2, -0.15) is 0 Å². The zero-order valence-corrected chi connectivity index (χ0v) is 14.8. The van der Waals surface area contributed by atoms with Crippen molar-refractivity contribution >= 4 is 52.2 Å². The smallest absolute Gasteiger partial charge is 0.326 e. The van der Waals surface area contributed by atoms with E-state index >= 15 is 0 Å². The highest BCUT2D eigenvalue weighted by molar-refractivity contribution is 8.18. The summed E-state index contributed by atoms with van der Waals surface area (Å²) in [4.78, 5) is 51.6. The van der Waals surface area contributed by atoms with Crippen molar-refractivity contribution in [3.63, 3.8) is 0 Å². The first kappa shape index (κ1) is 17.7. The lowest BCUT2D eigenvalue weighted by Gasteiger charge is -2.33. The average molecular weight is 380 g/mol. The van der Waals surface area contributed by atoms with E-state index in [1.807, 2.05) is 17.5 Å². The Bertz CT molecular complexity index is 744. The molecule has 2 aliphatic rings. The molecule has 0 saturated carbocycles. The number of likely N-dealkylation sites (tertiary alicyclic amines) is 1. The lowest BCUT2D eigenvalue weighted by molar-refractivity contribution is -0.152. The molecular weight excluding hydrogens is 364 g/mol. The molecule has 1 aromatic heterocycles. The van der Waals surface area contributed by atoms with Gasteiger partial charge in [0.1, 0.15) is 12.6 Å². The van der Waals surface area contributed by atoms with Crippen LogP contribution in [-0.2, 0) is 14.4 Å². The second-order valence-corrected chi connectivity index (χ2v) is 7.69. The first-order valence-corrected chi connectivity index (χ1v) is 9.48. The summed E-state index contributed by atoms with van der Waals surface area (Å²) >= 11 is 2.24. The third-order valence-corrected chi connectivity index (χ3v) is 5.82. The van der Waals surface area contributed by atoms with Crippen LogP contribution in [0.5, 0.6) is 0 Å². The monoisotopic (exact) mass is 380 g/mol. The van der Waals surface area contributed by atoms with Crippen LogP contribution < -0.4 is 0 Å². The van der Waals surface area contributed by atoms with E-state index in [2.05, 4.69) is 0 Å². The van der Waals surface area contributed by atoms with Gasteiger partial charge in [-0.25, -0.2) is 4.79 Å². The van der Waals surface area contributed by atoms with E-state index in [4.69, 9.17) is 0 Å². The van der Waals surface area contributed by atoms with Crippen LogP contribution in [0.15, 0.2) is 22.4 Å². The Labute approximate surface area is 152 Å². The number of carbonyl (C=O) groups excluding carboxylic acids is 3. The summed E-state index contributed by atoms with van der Waals surface area (Å²) in [7, 11) is 0. The SMILES string of the molecule is O=C(O)C1CCCCN1C(=O)CN1C(=O)S/C(=C\c2cccs2)C1=O. The first-order chi connectivity index (χ1) is 12.0. The van der Waals surface area contributed by atoms with E-state index in [1.165, 1.54) is 16.2 Å². The van der Waals surface area contributed by atoms with Gasteiger partial charge in [0, 0.05) is 11.4 Å². The van der Waals surface area contributed by atoms with Crippen LogP contribution >= 0.6 is 23.1 Å². The number of amides is 3. The fraction of sp³-hybridized carbons (Fsp3) is 0.375. The van der Waals surface area contributed by atoms with Gasteiger partial charge in [-0.15, -0.1) is 11.3 Å². The van der Waals surface area contributed by atoms with Gasteiger partial charge in [0.05, 0.1) is 4.91 Å². The maximum atomic E-state index is 12.5. The normalized spacial score (nSPS) is 22.7. The molecule has 1 unspecified atom stereocenters. The minimum absolute atomic E-state index is 0.272. The van der Waals surface area contributed by atoms with Gasteiger partial charge in [0.2, 0.25) is 5.91 Å². The molecule has 0 radical (unpaired) electrons. The second kappa shape index (κ2) is 7.40. The number of thioether (sulfide) groups is 1. The number of carbonyl (C=O) groups is 4. The summed E-state index contributed by atoms with van der Waals surface area (Å²) in [5.41, 5.74) is 0. The Kier molecular flexibility index (Phi) is 5.24. The van der Waals surface area contributed by atoms with Crippen LogP contribution in [0.1, 0.15) is 24.1 Å². The molecule has 2 fully saturated rings. The van der Waals surface area contributed by atoms with Gasteiger partial charge >= 0.3 is 5.97 Å². The van der Waals surface area contributed by atoms with Crippen molar-refractivity contribution in [3.05, 3.63) is 27.3 Å². The third-order valence-electron chi connectivity index (χ3n) is 4.09. The van der Waals surface area contributed by atoms with Gasteiger partial charge in [0.15, 0.2) is 0 Å². The molecule has 1 atom stereocenters. The fourth-order valence-corrected chi connectivity index (χ4v) is 4.41. The van der Waals surface area contributed by atoms with Crippen molar-refractivity contribution in [2.45, 2.75) is 25.3 Å². The predicted molar refractivity (Wildman–Crippen MR) is 94.0 cm³/mol. The van der Waals surface area contributed by atoms with Gasteiger partial charge < -0.3 is 10.0 Å². The van der Waals surface area contributed by atoms with Crippen molar-refractivity contribution in [3.8, 4) is 0 Å². The first-order valence-electron chi connectivity index (χ1n) is 7.78. The lowest BCUT2D eigenvalue weighted by Crippen LogP contribution is -2.51. The van der Waals surface area contributed by atoms with Crippen molar-refractivity contribution in [2.24, 2.45) is 0 Å². The Morgan fingerprint density at radius 1 is 1.32 bits per heavy atom. The van der Waals surface area contributed by atoms with Crippen molar-refractivity contribution in [1.82, 2.24) is 9.80 Å². The quantitative estimate of drug-likeness (QED) is 0.805. The number of imide groups is 1. The number of aliphatic carboxylic acids is 1. The topological polar surface area (TPSA) is 95.0 Å². The molecule has 2 saturated heterocycles. The summed E-state index contributed by atoms with van der Waals surface area (Å²) < 4.78 is 0. The molecule has 25 heavy (non-hydrogen) atoms. The van der Waals surface area contributed by atoms with E-state index in [9.17, 15) is 24.3 Å². The molecule has 132 valence electrons. The minimum Gasteiger partial charge on any atom is -0.480 e. The molecule has 1 N–H and O–H groups in total. The molecular formula is C16H16N2O5S2. The molecule has 0 aromatic carbocycles. The Hall–Kier alpha value is -2.13. The van der Waals surface area contributed by atoms with Crippen molar-refractivity contribution < 1.29 is 24.3 Å². The number of hydrogen-bond acceptors (Lipinski definition) is 6. The zero-order valence-electron chi connectivity index (χ0n) is 13.2. The van der Waals surface area contributed by atoms with Crippen molar-refractivity contribution in [1.29, 1.82) is 0 Å². The van der Waals surface area contributed by atoms with Gasteiger partial charge in [-0.05, 0) is 48.5 Å². The lowest BCUT2D eigenvalue weighted by atomic mass is 10.0. The maximum absolute atomic E-state index is 12.5. The van der Waals surface area contributed by atoms with Crippen molar-refractivity contribution in [2.75, 3.05) is 13.1 Å². The molecule has 0 bridgehead atoms. The molecule has 0 aliphatic carbocycles. The van der Waals surface area contributed by atoms with Crippen LogP contribution in [-0.4, -0.2) is 57.1 Å². The summed E-state index contributed by atoms with van der Waals surface area (Å²) in [6.45, 7) is -0.0900. The molecule has 2 aliphatic heterocycles. The Morgan fingerprint density at radius 2 is 2.12 bits per heavy atom. The number of carboxylic acid groups (broad SMARTS) is 1. The van der Waals surface area contributed by atoms with E-state index in [0.29, 0.717) is 13.0 Å². The summed E-state index contributed by atoms with van der Waals surface area (Å²) in [6, 6.07) is 2.78. The standard InChI is InChI=1S/C16H16N2O5S2/c19-13(17-6-2-1-5-11(17)15(21)22)9-18-14(20)12(25-16(18)23)8-10-4-3-7-24-10/h3-4,7-8,11H,1-2,5-6,9H2,(H,21,22)/b12-8-. The minimum atomic E-state index is -1.06. The average Bonchev–Trinajstić information content (AvgIpc) is 3.19. The molecule has 0 spiro atoms. The number of carboxylic acids is 1. The van der Waals surface area contributed by atoms with E-state index in [1.54, 1.807) is 6.08 Å². The van der Waals surface area contributed by atoms with Gasteiger partial charge in [0.25, 0.3) is 11.1 Å².